The Labute approximate surface area is 81.6 Å². The highest BCUT2D eigenvalue weighted by Crippen LogP contribution is 2.27. The van der Waals surface area contributed by atoms with E-state index in [9.17, 15) is 5.11 Å². The van der Waals surface area contributed by atoms with Crippen LogP contribution < -0.4 is 0 Å². The number of aliphatic hydroxyl groups excluding tert-OH is 1. The Bertz CT molecular complexity index is 445. The minimum absolute atomic E-state index is 0.00968. The largest absolute Gasteiger partial charge is 0.508 e. The van der Waals surface area contributed by atoms with Gasteiger partial charge in [-0.3, -0.25) is 0 Å². The van der Waals surface area contributed by atoms with Gasteiger partial charge in [0.2, 0.25) is 0 Å². The molecule has 0 aliphatic heterocycles. The number of furan rings is 1. The number of hydrogen-bond acceptors (Lipinski definition) is 3. The fraction of sp³-hybridized carbons (Fsp3) is 0.273. The van der Waals surface area contributed by atoms with Crippen molar-refractivity contribution in [2.45, 2.75) is 12.8 Å². The van der Waals surface area contributed by atoms with Crippen LogP contribution >= 0.6 is 0 Å². The quantitative estimate of drug-likeness (QED) is 0.767. The van der Waals surface area contributed by atoms with E-state index in [0.717, 1.165) is 11.1 Å². The molecular formula is C11H12O3. The Morgan fingerprint density at radius 2 is 2.14 bits per heavy atom. The second kappa shape index (κ2) is 3.35. The van der Waals surface area contributed by atoms with Gasteiger partial charge in [0.25, 0.3) is 0 Å². The number of fused-ring (bicyclic) bond motifs is 1. The highest BCUT2D eigenvalue weighted by molar-refractivity contribution is 5.79. The maximum atomic E-state index is 9.23. The summed E-state index contributed by atoms with van der Waals surface area (Å²) in [7, 11) is 0. The topological polar surface area (TPSA) is 53.6 Å². The molecule has 0 amide bonds. The molecule has 0 spiro atoms. The van der Waals surface area contributed by atoms with Gasteiger partial charge in [-0.2, -0.15) is 0 Å². The molecule has 0 saturated heterocycles. The summed E-state index contributed by atoms with van der Waals surface area (Å²) in [5, 5.41) is 19.1. The first-order valence-electron chi connectivity index (χ1n) is 4.54. The van der Waals surface area contributed by atoms with Crippen LogP contribution in [-0.4, -0.2) is 16.8 Å². The minimum Gasteiger partial charge on any atom is -0.508 e. The molecule has 1 heterocycles. The average molecular weight is 192 g/mol. The maximum Gasteiger partial charge on any atom is 0.137 e. The summed E-state index contributed by atoms with van der Waals surface area (Å²) in [6, 6.07) is 6.87. The minimum atomic E-state index is -0.00968. The van der Waals surface area contributed by atoms with Crippen LogP contribution in [0.4, 0.5) is 0 Å². The van der Waals surface area contributed by atoms with Crippen molar-refractivity contribution in [3.8, 4) is 5.75 Å². The van der Waals surface area contributed by atoms with Crippen molar-refractivity contribution in [3.05, 3.63) is 30.0 Å². The van der Waals surface area contributed by atoms with E-state index in [1.165, 1.54) is 0 Å². The van der Waals surface area contributed by atoms with Crippen LogP contribution in [0.1, 0.15) is 18.6 Å². The number of phenols is 1. The molecule has 14 heavy (non-hydrogen) atoms. The van der Waals surface area contributed by atoms with Crippen molar-refractivity contribution in [3.63, 3.8) is 0 Å². The highest BCUT2D eigenvalue weighted by atomic mass is 16.3. The summed E-state index contributed by atoms with van der Waals surface area (Å²) in [4.78, 5) is 0. The lowest BCUT2D eigenvalue weighted by atomic mass is 10.1. The fourth-order valence-corrected chi connectivity index (χ4v) is 1.37. The molecule has 2 rings (SSSR count). The highest BCUT2D eigenvalue weighted by Gasteiger charge is 2.10. The Hall–Kier alpha value is -1.48. The van der Waals surface area contributed by atoms with E-state index in [4.69, 9.17) is 9.52 Å². The molecule has 3 nitrogen and oxygen atoms in total. The third-order valence-corrected chi connectivity index (χ3v) is 2.28. The molecule has 0 fully saturated rings. The van der Waals surface area contributed by atoms with Crippen molar-refractivity contribution < 1.29 is 14.6 Å². The van der Waals surface area contributed by atoms with Gasteiger partial charge in [-0.05, 0) is 18.2 Å². The molecular weight excluding hydrogens is 180 g/mol. The van der Waals surface area contributed by atoms with Crippen molar-refractivity contribution in [2.24, 2.45) is 0 Å². The SMILES string of the molecule is CC(CO)c1cc2ccc(O)cc2o1. The van der Waals surface area contributed by atoms with Gasteiger partial charge in [0.15, 0.2) is 0 Å². The number of aromatic hydroxyl groups is 1. The van der Waals surface area contributed by atoms with Crippen LogP contribution in [0.2, 0.25) is 0 Å². The van der Waals surface area contributed by atoms with Crippen molar-refractivity contribution >= 4 is 11.0 Å². The molecule has 0 bridgehead atoms. The third kappa shape index (κ3) is 1.46. The standard InChI is InChI=1S/C11H12O3/c1-7(6-12)10-4-8-2-3-9(13)5-11(8)14-10/h2-5,7,12-13H,6H2,1H3. The second-order valence-corrected chi connectivity index (χ2v) is 3.45. The van der Waals surface area contributed by atoms with Gasteiger partial charge in [0.1, 0.15) is 17.1 Å². The van der Waals surface area contributed by atoms with E-state index in [-0.39, 0.29) is 18.3 Å². The molecule has 1 aromatic carbocycles. The lowest BCUT2D eigenvalue weighted by molar-refractivity contribution is 0.259. The van der Waals surface area contributed by atoms with Gasteiger partial charge in [-0.1, -0.05) is 6.92 Å². The number of hydrogen-bond donors (Lipinski definition) is 2. The first-order valence-corrected chi connectivity index (χ1v) is 4.54. The summed E-state index contributed by atoms with van der Waals surface area (Å²) < 4.78 is 5.48. The third-order valence-electron chi connectivity index (χ3n) is 2.28. The van der Waals surface area contributed by atoms with E-state index in [0.29, 0.717) is 5.58 Å². The van der Waals surface area contributed by atoms with Crippen LogP contribution in [0, 0.1) is 0 Å². The molecule has 0 radical (unpaired) electrons. The molecule has 1 aromatic heterocycles. The molecule has 2 aromatic rings. The van der Waals surface area contributed by atoms with Crippen LogP contribution in [-0.2, 0) is 0 Å². The summed E-state index contributed by atoms with van der Waals surface area (Å²) in [6.07, 6.45) is 0. The molecule has 2 N–H and O–H groups in total. The lowest BCUT2D eigenvalue weighted by Gasteiger charge is -2.00. The molecule has 3 heteroatoms. The van der Waals surface area contributed by atoms with Gasteiger partial charge >= 0.3 is 0 Å². The predicted molar refractivity (Wildman–Crippen MR) is 53.4 cm³/mol. The number of aliphatic hydroxyl groups is 1. The van der Waals surface area contributed by atoms with Gasteiger partial charge in [0, 0.05) is 17.4 Å². The van der Waals surface area contributed by atoms with E-state index in [1.54, 1.807) is 18.2 Å². The first-order chi connectivity index (χ1) is 6.70. The Morgan fingerprint density at radius 1 is 1.36 bits per heavy atom. The molecule has 74 valence electrons. The Balaban J connectivity index is 2.51. The number of rotatable bonds is 2. The van der Waals surface area contributed by atoms with Crippen molar-refractivity contribution in [1.82, 2.24) is 0 Å². The normalized spacial score (nSPS) is 13.3. The number of benzene rings is 1. The monoisotopic (exact) mass is 192 g/mol. The van der Waals surface area contributed by atoms with E-state index >= 15 is 0 Å². The first kappa shape index (κ1) is 9.09. The smallest absolute Gasteiger partial charge is 0.137 e. The Kier molecular flexibility index (Phi) is 2.17. The van der Waals surface area contributed by atoms with E-state index in [1.807, 2.05) is 13.0 Å². The van der Waals surface area contributed by atoms with E-state index < -0.39 is 0 Å². The van der Waals surface area contributed by atoms with Crippen LogP contribution in [0.15, 0.2) is 28.7 Å². The summed E-state index contributed by atoms with van der Waals surface area (Å²) >= 11 is 0. The zero-order chi connectivity index (χ0) is 10.1. The molecule has 1 atom stereocenters. The van der Waals surface area contributed by atoms with Crippen LogP contribution in [0.5, 0.6) is 5.75 Å². The summed E-state index contributed by atoms with van der Waals surface area (Å²) in [5.74, 6) is 0.924. The van der Waals surface area contributed by atoms with E-state index in [2.05, 4.69) is 0 Å². The van der Waals surface area contributed by atoms with Gasteiger partial charge in [-0.15, -0.1) is 0 Å². The fourth-order valence-electron chi connectivity index (χ4n) is 1.37. The van der Waals surface area contributed by atoms with Gasteiger partial charge < -0.3 is 14.6 Å². The predicted octanol–water partition coefficient (Wildman–Crippen LogP) is 2.23. The summed E-state index contributed by atoms with van der Waals surface area (Å²) in [5.41, 5.74) is 0.653. The molecule has 0 aliphatic carbocycles. The van der Waals surface area contributed by atoms with Crippen LogP contribution in [0.3, 0.4) is 0 Å². The zero-order valence-electron chi connectivity index (χ0n) is 7.90. The second-order valence-electron chi connectivity index (χ2n) is 3.45. The molecule has 1 unspecified atom stereocenters. The average Bonchev–Trinajstić information content (AvgIpc) is 2.59. The van der Waals surface area contributed by atoms with Crippen molar-refractivity contribution in [1.29, 1.82) is 0 Å². The molecule has 0 saturated carbocycles. The summed E-state index contributed by atoms with van der Waals surface area (Å²) in [6.45, 7) is 1.95. The van der Waals surface area contributed by atoms with Crippen LogP contribution in [0.25, 0.3) is 11.0 Å². The van der Waals surface area contributed by atoms with Crippen molar-refractivity contribution in [2.75, 3.05) is 6.61 Å². The number of phenolic OH excluding ortho intramolecular Hbond substituents is 1. The maximum absolute atomic E-state index is 9.23. The molecule has 0 aliphatic rings. The zero-order valence-corrected chi connectivity index (χ0v) is 7.90. The van der Waals surface area contributed by atoms with Gasteiger partial charge in [-0.25, -0.2) is 0 Å². The van der Waals surface area contributed by atoms with Gasteiger partial charge in [0.05, 0.1) is 6.61 Å². The lowest BCUT2D eigenvalue weighted by Crippen LogP contribution is -1.95. The Morgan fingerprint density at radius 3 is 2.86 bits per heavy atom.